The molecule has 1 aliphatic heterocycles. The van der Waals surface area contributed by atoms with Gasteiger partial charge in [-0.1, -0.05) is 6.07 Å². The summed E-state index contributed by atoms with van der Waals surface area (Å²) in [6.07, 6.45) is 9.48. The van der Waals surface area contributed by atoms with Crippen molar-refractivity contribution in [2.24, 2.45) is 0 Å². The Bertz CT molecular complexity index is 1010. The number of methoxy groups -OCH3 is 1. The first-order valence-corrected chi connectivity index (χ1v) is 13.8. The van der Waals surface area contributed by atoms with Gasteiger partial charge in [0.1, 0.15) is 17.5 Å². The third kappa shape index (κ3) is 9.51. The van der Waals surface area contributed by atoms with Crippen LogP contribution in [0.2, 0.25) is 0 Å². The molecule has 0 bridgehead atoms. The molecule has 0 amide bonds. The summed E-state index contributed by atoms with van der Waals surface area (Å²) in [5.41, 5.74) is 2.88. The molecular weight excluding hydrogens is 480 g/mol. The topological polar surface area (TPSA) is 92.7 Å². The van der Waals surface area contributed by atoms with Crippen LogP contribution in [-0.4, -0.2) is 84.4 Å². The Morgan fingerprint density at radius 3 is 2.61 bits per heavy atom. The number of aromatic nitrogens is 3. The normalized spacial score (nSPS) is 14.1. The number of pyridine rings is 1. The van der Waals surface area contributed by atoms with Crippen molar-refractivity contribution < 1.29 is 14.3 Å². The summed E-state index contributed by atoms with van der Waals surface area (Å²) in [5, 5.41) is 3.42. The van der Waals surface area contributed by atoms with Crippen LogP contribution in [-0.2, 0) is 27.1 Å². The number of unbranched alkanes of at least 4 members (excludes halogenated alkanes) is 1. The van der Waals surface area contributed by atoms with Gasteiger partial charge in [0.05, 0.1) is 6.61 Å². The highest BCUT2D eigenvalue weighted by atomic mass is 16.6. The quantitative estimate of drug-likeness (QED) is 0.289. The fraction of sp³-hybridized carbons (Fsp3) is 0.655. The highest BCUT2D eigenvalue weighted by Crippen LogP contribution is 2.21. The second kappa shape index (κ2) is 14.4. The number of likely N-dealkylation sites (N-methyl/N-ethyl adjacent to an activating group) is 1. The van der Waals surface area contributed by atoms with E-state index >= 15 is 0 Å². The van der Waals surface area contributed by atoms with Crippen molar-refractivity contribution >= 4 is 17.7 Å². The predicted octanol–water partition coefficient (Wildman–Crippen LogP) is 4.05. The molecule has 2 aromatic rings. The molecule has 0 aliphatic carbocycles. The van der Waals surface area contributed by atoms with Gasteiger partial charge in [0, 0.05) is 51.9 Å². The number of nitrogens with zero attached hydrogens (tertiary/aromatic N) is 5. The Kier molecular flexibility index (Phi) is 11.3. The largest absolute Gasteiger partial charge is 0.458 e. The first-order chi connectivity index (χ1) is 18.2. The number of hydrogen-bond donors (Lipinski definition) is 1. The van der Waals surface area contributed by atoms with E-state index in [0.717, 1.165) is 68.9 Å². The van der Waals surface area contributed by atoms with E-state index in [-0.39, 0.29) is 5.97 Å². The SMILES string of the molecule is COCCN(CCCCc1ccc2c(n1)NCCC2)CC[C@@H](C(=O)OC(C)(C)C)N(C)c1ncc(C)cn1. The maximum atomic E-state index is 13.2. The van der Waals surface area contributed by atoms with Crippen LogP contribution in [0.15, 0.2) is 24.5 Å². The zero-order valence-corrected chi connectivity index (χ0v) is 24.1. The van der Waals surface area contributed by atoms with E-state index in [9.17, 15) is 4.79 Å². The van der Waals surface area contributed by atoms with E-state index in [1.54, 1.807) is 19.5 Å². The summed E-state index contributed by atoms with van der Waals surface area (Å²) in [6.45, 7) is 11.8. The van der Waals surface area contributed by atoms with E-state index in [2.05, 4.69) is 32.3 Å². The lowest BCUT2D eigenvalue weighted by Crippen LogP contribution is -2.45. The first kappa shape index (κ1) is 29.8. The van der Waals surface area contributed by atoms with Gasteiger partial charge in [0.15, 0.2) is 0 Å². The van der Waals surface area contributed by atoms with Crippen LogP contribution in [0.3, 0.4) is 0 Å². The fourth-order valence-electron chi connectivity index (χ4n) is 4.56. The number of ether oxygens (including phenoxy) is 2. The molecule has 1 aliphatic rings. The minimum Gasteiger partial charge on any atom is -0.458 e. The van der Waals surface area contributed by atoms with Gasteiger partial charge in [-0.2, -0.15) is 0 Å². The molecule has 0 spiro atoms. The number of nitrogens with one attached hydrogen (secondary N) is 1. The van der Waals surface area contributed by atoms with Crippen LogP contribution in [0.5, 0.6) is 0 Å². The lowest BCUT2D eigenvalue weighted by molar-refractivity contribution is -0.156. The first-order valence-electron chi connectivity index (χ1n) is 13.8. The second-order valence-electron chi connectivity index (χ2n) is 11.1. The standard InChI is InChI=1S/C29H46N6O3/c1-22-20-31-28(32-21-22)34(5)25(27(36)38-29(2,3)4)14-17-35(18-19-37-6)16-8-7-11-24-13-12-23-10-9-15-30-26(23)33-24/h12-13,20-21,25H,7-11,14-19H2,1-6H3,(H,30,33)/t25-/m0/s1. The summed E-state index contributed by atoms with van der Waals surface area (Å²) >= 11 is 0. The van der Waals surface area contributed by atoms with Crippen LogP contribution < -0.4 is 10.2 Å². The van der Waals surface area contributed by atoms with E-state index in [1.807, 2.05) is 39.6 Å². The van der Waals surface area contributed by atoms with Crippen molar-refractivity contribution in [3.63, 3.8) is 0 Å². The molecule has 1 N–H and O–H groups in total. The molecule has 0 saturated heterocycles. The van der Waals surface area contributed by atoms with Gasteiger partial charge in [-0.05, 0) is 90.0 Å². The lowest BCUT2D eigenvalue weighted by Gasteiger charge is -2.31. The molecule has 1 atom stereocenters. The highest BCUT2D eigenvalue weighted by Gasteiger charge is 2.30. The zero-order chi connectivity index (χ0) is 27.5. The third-order valence-electron chi connectivity index (χ3n) is 6.67. The number of anilines is 2. The Morgan fingerprint density at radius 1 is 1.13 bits per heavy atom. The predicted molar refractivity (Wildman–Crippen MR) is 152 cm³/mol. The van der Waals surface area contributed by atoms with Crippen molar-refractivity contribution in [3.8, 4) is 0 Å². The lowest BCUT2D eigenvalue weighted by atomic mass is 10.1. The monoisotopic (exact) mass is 526 g/mol. The van der Waals surface area contributed by atoms with Gasteiger partial charge in [-0.15, -0.1) is 0 Å². The van der Waals surface area contributed by atoms with Gasteiger partial charge in [0.2, 0.25) is 5.95 Å². The van der Waals surface area contributed by atoms with Gasteiger partial charge < -0.3 is 24.6 Å². The van der Waals surface area contributed by atoms with E-state index in [0.29, 0.717) is 19.0 Å². The molecular formula is C29H46N6O3. The summed E-state index contributed by atoms with van der Waals surface area (Å²) in [7, 11) is 3.58. The van der Waals surface area contributed by atoms with E-state index < -0.39 is 11.6 Å². The minimum atomic E-state index is -0.569. The van der Waals surface area contributed by atoms with Crippen LogP contribution in [0, 0.1) is 6.92 Å². The summed E-state index contributed by atoms with van der Waals surface area (Å²) in [5.74, 6) is 1.32. The zero-order valence-electron chi connectivity index (χ0n) is 24.1. The Labute approximate surface area is 228 Å². The molecule has 3 heterocycles. The molecule has 0 radical (unpaired) electrons. The Hall–Kier alpha value is -2.78. The molecule has 0 aromatic carbocycles. The molecule has 0 saturated carbocycles. The molecule has 210 valence electrons. The van der Waals surface area contributed by atoms with Gasteiger partial charge in [-0.3, -0.25) is 0 Å². The molecule has 3 rings (SSSR count). The number of aryl methyl sites for hydroxylation is 3. The minimum absolute atomic E-state index is 0.261. The van der Waals surface area contributed by atoms with E-state index in [1.165, 1.54) is 12.0 Å². The average molecular weight is 527 g/mol. The van der Waals surface area contributed by atoms with Crippen LogP contribution in [0.25, 0.3) is 0 Å². The summed E-state index contributed by atoms with van der Waals surface area (Å²) in [4.78, 5) is 31.1. The molecule has 0 unspecified atom stereocenters. The van der Waals surface area contributed by atoms with Crippen molar-refractivity contribution in [1.82, 2.24) is 19.9 Å². The fourth-order valence-corrected chi connectivity index (χ4v) is 4.56. The summed E-state index contributed by atoms with van der Waals surface area (Å²) < 4.78 is 11.1. The van der Waals surface area contributed by atoms with Crippen LogP contribution >= 0.6 is 0 Å². The third-order valence-corrected chi connectivity index (χ3v) is 6.67. The highest BCUT2D eigenvalue weighted by molar-refractivity contribution is 5.79. The van der Waals surface area contributed by atoms with Crippen molar-refractivity contribution in [1.29, 1.82) is 0 Å². The second-order valence-corrected chi connectivity index (χ2v) is 11.1. The number of carbonyl (C=O) groups excluding carboxylic acids is 1. The molecule has 0 fully saturated rings. The number of fused-ring (bicyclic) bond motifs is 1. The van der Waals surface area contributed by atoms with Gasteiger partial charge in [0.25, 0.3) is 0 Å². The molecule has 38 heavy (non-hydrogen) atoms. The van der Waals surface area contributed by atoms with Crippen molar-refractivity contribution in [2.45, 2.75) is 77.9 Å². The van der Waals surface area contributed by atoms with Gasteiger partial charge >= 0.3 is 5.97 Å². The Balaban J connectivity index is 1.58. The Morgan fingerprint density at radius 2 is 1.89 bits per heavy atom. The number of carbonyl (C=O) groups is 1. The number of esters is 1. The molecule has 2 aromatic heterocycles. The molecule has 9 heteroatoms. The van der Waals surface area contributed by atoms with Gasteiger partial charge in [-0.25, -0.2) is 19.7 Å². The molecule has 9 nitrogen and oxygen atoms in total. The maximum Gasteiger partial charge on any atom is 0.329 e. The average Bonchev–Trinajstić information content (AvgIpc) is 2.88. The number of hydrogen-bond acceptors (Lipinski definition) is 9. The number of rotatable bonds is 14. The van der Waals surface area contributed by atoms with E-state index in [4.69, 9.17) is 14.5 Å². The maximum absolute atomic E-state index is 13.2. The van der Waals surface area contributed by atoms with Crippen molar-refractivity contribution in [3.05, 3.63) is 41.3 Å². The smallest absolute Gasteiger partial charge is 0.329 e. The van der Waals surface area contributed by atoms with Crippen LogP contribution in [0.4, 0.5) is 11.8 Å². The van der Waals surface area contributed by atoms with Crippen LogP contribution in [0.1, 0.15) is 63.3 Å². The van der Waals surface area contributed by atoms with Crippen molar-refractivity contribution in [2.75, 3.05) is 57.2 Å². The summed E-state index contributed by atoms with van der Waals surface area (Å²) in [6, 6.07) is 3.90.